The molecule has 23 heavy (non-hydrogen) atoms. The maximum absolute atomic E-state index is 12.4. The van der Waals surface area contributed by atoms with Gasteiger partial charge in [0, 0.05) is 38.4 Å². The van der Waals surface area contributed by atoms with Crippen LogP contribution in [0.5, 0.6) is 0 Å². The minimum atomic E-state index is -0.701. The van der Waals surface area contributed by atoms with Gasteiger partial charge in [0.05, 0.1) is 12.9 Å². The molecule has 0 saturated carbocycles. The maximum atomic E-state index is 12.4. The number of aliphatic hydroxyl groups is 1. The fraction of sp³-hybridized carbons (Fsp3) is 0.667. The SMILES string of the molecule is CNC(=O)[C@H](Cc1cnc[nH]1)NC(=O)N(CCO)CCC(C)C. The fourth-order valence-electron chi connectivity index (χ4n) is 2.09. The van der Waals surface area contributed by atoms with Gasteiger partial charge < -0.3 is 25.6 Å². The van der Waals surface area contributed by atoms with Crippen LogP contribution in [0.15, 0.2) is 12.5 Å². The summed E-state index contributed by atoms with van der Waals surface area (Å²) in [5.41, 5.74) is 0.759. The lowest BCUT2D eigenvalue weighted by molar-refractivity contribution is -0.122. The lowest BCUT2D eigenvalue weighted by Gasteiger charge is -2.26. The van der Waals surface area contributed by atoms with E-state index in [9.17, 15) is 9.59 Å². The lowest BCUT2D eigenvalue weighted by atomic mass is 10.1. The number of hydrogen-bond acceptors (Lipinski definition) is 4. The van der Waals surface area contributed by atoms with Crippen molar-refractivity contribution in [3.63, 3.8) is 0 Å². The van der Waals surface area contributed by atoms with E-state index in [4.69, 9.17) is 5.11 Å². The summed E-state index contributed by atoms with van der Waals surface area (Å²) in [4.78, 5) is 32.8. The van der Waals surface area contributed by atoms with Crippen molar-refractivity contribution >= 4 is 11.9 Å². The maximum Gasteiger partial charge on any atom is 0.318 e. The van der Waals surface area contributed by atoms with Gasteiger partial charge in [-0.15, -0.1) is 0 Å². The average Bonchev–Trinajstić information content (AvgIpc) is 3.02. The Hall–Kier alpha value is -2.09. The van der Waals surface area contributed by atoms with Crippen molar-refractivity contribution in [2.45, 2.75) is 32.7 Å². The van der Waals surface area contributed by atoms with Gasteiger partial charge in [-0.1, -0.05) is 13.8 Å². The Bertz CT molecular complexity index is 475. The van der Waals surface area contributed by atoms with Gasteiger partial charge >= 0.3 is 6.03 Å². The number of amides is 3. The molecule has 0 radical (unpaired) electrons. The number of nitrogens with one attached hydrogen (secondary N) is 3. The van der Waals surface area contributed by atoms with Crippen LogP contribution in [-0.4, -0.2) is 64.7 Å². The van der Waals surface area contributed by atoms with Crippen LogP contribution in [0.25, 0.3) is 0 Å². The van der Waals surface area contributed by atoms with Crippen LogP contribution in [0.4, 0.5) is 4.79 Å². The van der Waals surface area contributed by atoms with Gasteiger partial charge in [-0.2, -0.15) is 0 Å². The number of H-pyrrole nitrogens is 1. The quantitative estimate of drug-likeness (QED) is 0.517. The Kier molecular flexibility index (Phi) is 8.10. The van der Waals surface area contributed by atoms with Gasteiger partial charge in [0.15, 0.2) is 0 Å². The second kappa shape index (κ2) is 9.83. The van der Waals surface area contributed by atoms with Gasteiger partial charge in [0.1, 0.15) is 6.04 Å². The minimum Gasteiger partial charge on any atom is -0.395 e. The molecule has 0 aliphatic heterocycles. The average molecular weight is 325 g/mol. The third-order valence-electron chi connectivity index (χ3n) is 3.47. The van der Waals surface area contributed by atoms with Gasteiger partial charge in [-0.25, -0.2) is 9.78 Å². The van der Waals surface area contributed by atoms with E-state index in [1.807, 2.05) is 0 Å². The Morgan fingerprint density at radius 2 is 2.13 bits per heavy atom. The molecule has 1 aromatic rings. The molecule has 0 spiro atoms. The molecule has 0 aliphatic carbocycles. The van der Waals surface area contributed by atoms with E-state index in [-0.39, 0.29) is 25.1 Å². The van der Waals surface area contributed by atoms with Crippen LogP contribution >= 0.6 is 0 Å². The van der Waals surface area contributed by atoms with Crippen LogP contribution in [0.3, 0.4) is 0 Å². The van der Waals surface area contributed by atoms with Crippen molar-refractivity contribution in [3.8, 4) is 0 Å². The smallest absolute Gasteiger partial charge is 0.318 e. The summed E-state index contributed by atoms with van der Waals surface area (Å²) < 4.78 is 0. The summed E-state index contributed by atoms with van der Waals surface area (Å²) >= 11 is 0. The third-order valence-corrected chi connectivity index (χ3v) is 3.47. The minimum absolute atomic E-state index is 0.114. The summed E-state index contributed by atoms with van der Waals surface area (Å²) in [7, 11) is 1.53. The highest BCUT2D eigenvalue weighted by atomic mass is 16.3. The van der Waals surface area contributed by atoms with E-state index < -0.39 is 6.04 Å². The van der Waals surface area contributed by atoms with Crippen molar-refractivity contribution in [2.75, 3.05) is 26.7 Å². The number of carbonyl (C=O) groups is 2. The summed E-state index contributed by atoms with van der Waals surface area (Å²) in [5, 5.41) is 14.4. The van der Waals surface area contributed by atoms with Gasteiger partial charge in [0.25, 0.3) is 0 Å². The van der Waals surface area contributed by atoms with Crippen molar-refractivity contribution in [2.24, 2.45) is 5.92 Å². The number of urea groups is 1. The first-order valence-electron chi connectivity index (χ1n) is 7.83. The topological polar surface area (TPSA) is 110 Å². The summed E-state index contributed by atoms with van der Waals surface area (Å²) in [5.74, 6) is 0.171. The van der Waals surface area contributed by atoms with Crippen molar-refractivity contribution < 1.29 is 14.7 Å². The molecule has 0 aliphatic rings. The Morgan fingerprint density at radius 3 is 2.65 bits per heavy atom. The number of imidazole rings is 1. The number of hydrogen-bond donors (Lipinski definition) is 4. The van der Waals surface area contributed by atoms with Gasteiger partial charge in [0.2, 0.25) is 5.91 Å². The molecule has 4 N–H and O–H groups in total. The normalized spacial score (nSPS) is 12.0. The molecule has 0 fully saturated rings. The molecular weight excluding hydrogens is 298 g/mol. The van der Waals surface area contributed by atoms with E-state index in [1.165, 1.54) is 18.3 Å². The molecule has 1 heterocycles. The van der Waals surface area contributed by atoms with E-state index in [2.05, 4.69) is 34.4 Å². The van der Waals surface area contributed by atoms with Crippen LogP contribution in [-0.2, 0) is 11.2 Å². The first kappa shape index (κ1) is 19.0. The lowest BCUT2D eigenvalue weighted by Crippen LogP contribution is -2.52. The van der Waals surface area contributed by atoms with Crippen LogP contribution in [0.2, 0.25) is 0 Å². The molecule has 3 amide bonds. The summed E-state index contributed by atoms with van der Waals surface area (Å²) in [6.45, 7) is 4.80. The van der Waals surface area contributed by atoms with Gasteiger partial charge in [-0.05, 0) is 12.3 Å². The van der Waals surface area contributed by atoms with E-state index in [0.29, 0.717) is 18.9 Å². The van der Waals surface area contributed by atoms with Crippen LogP contribution < -0.4 is 10.6 Å². The molecule has 0 saturated heterocycles. The first-order valence-corrected chi connectivity index (χ1v) is 7.83. The highest BCUT2D eigenvalue weighted by Gasteiger charge is 2.23. The van der Waals surface area contributed by atoms with Crippen molar-refractivity contribution in [1.29, 1.82) is 0 Å². The first-order chi connectivity index (χ1) is 11.0. The molecule has 0 unspecified atom stereocenters. The molecule has 1 aromatic heterocycles. The third kappa shape index (κ3) is 6.68. The summed E-state index contributed by atoms with van der Waals surface area (Å²) in [6.07, 6.45) is 4.30. The molecule has 130 valence electrons. The predicted molar refractivity (Wildman–Crippen MR) is 86.8 cm³/mol. The van der Waals surface area contributed by atoms with Crippen molar-refractivity contribution in [3.05, 3.63) is 18.2 Å². The van der Waals surface area contributed by atoms with Crippen LogP contribution in [0, 0.1) is 5.92 Å². The van der Waals surface area contributed by atoms with Gasteiger partial charge in [-0.3, -0.25) is 4.79 Å². The van der Waals surface area contributed by atoms with E-state index in [0.717, 1.165) is 12.1 Å². The highest BCUT2D eigenvalue weighted by Crippen LogP contribution is 2.04. The number of aromatic nitrogens is 2. The number of aliphatic hydroxyl groups excluding tert-OH is 1. The zero-order valence-corrected chi connectivity index (χ0v) is 14.0. The highest BCUT2D eigenvalue weighted by molar-refractivity contribution is 5.87. The predicted octanol–water partition coefficient (Wildman–Crippen LogP) is 0.117. The van der Waals surface area contributed by atoms with E-state index in [1.54, 1.807) is 6.20 Å². The second-order valence-electron chi connectivity index (χ2n) is 5.79. The molecule has 0 aromatic carbocycles. The number of nitrogens with zero attached hydrogens (tertiary/aromatic N) is 2. The standard InChI is InChI=1S/C15H27N5O3/c1-11(2)4-5-20(6-7-21)15(23)19-13(14(22)16-3)8-12-9-17-10-18-12/h9-11,13,21H,4-8H2,1-3H3,(H,16,22)(H,17,18)(H,19,23)/t13-/m0/s1. The van der Waals surface area contributed by atoms with E-state index >= 15 is 0 Å². The molecular formula is C15H27N5O3. The number of rotatable bonds is 9. The van der Waals surface area contributed by atoms with Crippen molar-refractivity contribution in [1.82, 2.24) is 25.5 Å². The Labute approximate surface area is 136 Å². The van der Waals surface area contributed by atoms with Crippen LogP contribution in [0.1, 0.15) is 26.0 Å². The fourth-order valence-corrected chi connectivity index (χ4v) is 2.09. The Balaban J connectivity index is 2.70. The summed E-state index contributed by atoms with van der Waals surface area (Å²) in [6, 6.07) is -1.05. The molecule has 1 rings (SSSR count). The largest absolute Gasteiger partial charge is 0.395 e. The number of carbonyl (C=O) groups excluding carboxylic acids is 2. The number of aromatic amines is 1. The molecule has 1 atom stereocenters. The Morgan fingerprint density at radius 1 is 1.39 bits per heavy atom. The zero-order valence-electron chi connectivity index (χ0n) is 14.0. The molecule has 8 nitrogen and oxygen atoms in total. The zero-order chi connectivity index (χ0) is 17.2. The molecule has 0 bridgehead atoms. The monoisotopic (exact) mass is 325 g/mol. The number of likely N-dealkylation sites (N-methyl/N-ethyl adjacent to an activating group) is 1. The molecule has 8 heteroatoms. The second-order valence-corrected chi connectivity index (χ2v) is 5.79.